The Morgan fingerprint density at radius 1 is 1.60 bits per heavy atom. The lowest BCUT2D eigenvalue weighted by Crippen LogP contribution is -2.44. The third kappa shape index (κ3) is 3.38. The SMILES string of the molecule is C=CCOC(=O)[C@@H](C)NC(=O)C1CCC1. The highest BCUT2D eigenvalue weighted by molar-refractivity contribution is 5.85. The Morgan fingerprint density at radius 2 is 2.27 bits per heavy atom. The first-order chi connectivity index (χ1) is 7.15. The van der Waals surface area contributed by atoms with E-state index in [-0.39, 0.29) is 18.4 Å². The molecule has 0 bridgehead atoms. The fourth-order valence-corrected chi connectivity index (χ4v) is 1.33. The van der Waals surface area contributed by atoms with Gasteiger partial charge in [0.2, 0.25) is 5.91 Å². The van der Waals surface area contributed by atoms with E-state index in [9.17, 15) is 9.59 Å². The monoisotopic (exact) mass is 211 g/mol. The summed E-state index contributed by atoms with van der Waals surface area (Å²) >= 11 is 0. The van der Waals surface area contributed by atoms with Crippen molar-refractivity contribution in [3.63, 3.8) is 0 Å². The lowest BCUT2D eigenvalue weighted by molar-refractivity contribution is -0.147. The highest BCUT2D eigenvalue weighted by atomic mass is 16.5. The average Bonchev–Trinajstić information content (AvgIpc) is 2.10. The van der Waals surface area contributed by atoms with Crippen LogP contribution in [0.1, 0.15) is 26.2 Å². The summed E-state index contributed by atoms with van der Waals surface area (Å²) < 4.78 is 4.81. The maximum Gasteiger partial charge on any atom is 0.328 e. The van der Waals surface area contributed by atoms with Gasteiger partial charge in [0.1, 0.15) is 12.6 Å². The van der Waals surface area contributed by atoms with Crippen molar-refractivity contribution >= 4 is 11.9 Å². The molecule has 0 heterocycles. The van der Waals surface area contributed by atoms with Crippen molar-refractivity contribution in [3.05, 3.63) is 12.7 Å². The van der Waals surface area contributed by atoms with Crippen LogP contribution in [0.15, 0.2) is 12.7 Å². The van der Waals surface area contributed by atoms with Crippen LogP contribution in [-0.4, -0.2) is 24.5 Å². The lowest BCUT2D eigenvalue weighted by atomic mass is 9.84. The number of carbonyl (C=O) groups is 2. The van der Waals surface area contributed by atoms with Crippen molar-refractivity contribution in [3.8, 4) is 0 Å². The molecule has 0 saturated heterocycles. The second-order valence-corrected chi connectivity index (χ2v) is 3.78. The summed E-state index contributed by atoms with van der Waals surface area (Å²) in [6, 6.07) is -0.571. The minimum absolute atomic E-state index is 0.0377. The molecule has 0 aromatic rings. The summed E-state index contributed by atoms with van der Waals surface area (Å²) in [4.78, 5) is 22.8. The van der Waals surface area contributed by atoms with E-state index in [1.54, 1.807) is 6.92 Å². The predicted molar refractivity (Wildman–Crippen MR) is 56.1 cm³/mol. The number of amides is 1. The second-order valence-electron chi connectivity index (χ2n) is 3.78. The molecule has 0 radical (unpaired) electrons. The Labute approximate surface area is 89.7 Å². The molecule has 0 unspecified atom stereocenters. The predicted octanol–water partition coefficient (Wildman–Crippen LogP) is 1.02. The molecule has 1 N–H and O–H groups in total. The molecule has 1 saturated carbocycles. The molecule has 15 heavy (non-hydrogen) atoms. The largest absolute Gasteiger partial charge is 0.460 e. The summed E-state index contributed by atoms with van der Waals surface area (Å²) in [5.74, 6) is -0.355. The van der Waals surface area contributed by atoms with Crippen molar-refractivity contribution in [2.75, 3.05) is 6.61 Å². The number of carbonyl (C=O) groups excluding carboxylic acids is 2. The van der Waals surface area contributed by atoms with Gasteiger partial charge in [-0.05, 0) is 19.8 Å². The van der Waals surface area contributed by atoms with Crippen molar-refractivity contribution in [2.24, 2.45) is 5.92 Å². The number of nitrogens with one attached hydrogen (secondary N) is 1. The Hall–Kier alpha value is -1.32. The molecule has 1 aliphatic carbocycles. The summed E-state index contributed by atoms with van der Waals surface area (Å²) in [7, 11) is 0. The summed E-state index contributed by atoms with van der Waals surface area (Å²) in [5.41, 5.74) is 0. The number of hydrogen-bond acceptors (Lipinski definition) is 3. The van der Waals surface area contributed by atoms with Gasteiger partial charge >= 0.3 is 5.97 Å². The van der Waals surface area contributed by atoms with Crippen LogP contribution >= 0.6 is 0 Å². The van der Waals surface area contributed by atoms with Crippen LogP contribution in [0.25, 0.3) is 0 Å². The van der Waals surface area contributed by atoms with Crippen LogP contribution in [0, 0.1) is 5.92 Å². The van der Waals surface area contributed by atoms with E-state index in [1.165, 1.54) is 6.08 Å². The second kappa shape index (κ2) is 5.53. The summed E-state index contributed by atoms with van der Waals surface area (Å²) in [6.07, 6.45) is 4.46. The Balaban J connectivity index is 2.26. The van der Waals surface area contributed by atoms with Gasteiger partial charge in [-0.3, -0.25) is 4.79 Å². The molecule has 4 heteroatoms. The number of hydrogen-bond donors (Lipinski definition) is 1. The maximum absolute atomic E-state index is 11.5. The van der Waals surface area contributed by atoms with Crippen LogP contribution < -0.4 is 5.32 Å². The smallest absolute Gasteiger partial charge is 0.328 e. The molecule has 0 aromatic heterocycles. The minimum Gasteiger partial charge on any atom is -0.460 e. The van der Waals surface area contributed by atoms with Crippen LogP contribution in [0.2, 0.25) is 0 Å². The van der Waals surface area contributed by atoms with Crippen molar-refractivity contribution in [1.29, 1.82) is 0 Å². The number of rotatable bonds is 5. The third-order valence-corrected chi connectivity index (χ3v) is 2.53. The lowest BCUT2D eigenvalue weighted by Gasteiger charge is -2.25. The molecule has 84 valence electrons. The molecule has 1 rings (SSSR count). The topological polar surface area (TPSA) is 55.4 Å². The first kappa shape index (κ1) is 11.8. The van der Waals surface area contributed by atoms with Gasteiger partial charge in [0.15, 0.2) is 0 Å². The maximum atomic E-state index is 11.5. The zero-order valence-corrected chi connectivity index (χ0v) is 8.99. The van der Waals surface area contributed by atoms with E-state index in [4.69, 9.17) is 4.74 Å². The summed E-state index contributed by atoms with van der Waals surface area (Å²) in [5, 5.41) is 2.64. The average molecular weight is 211 g/mol. The highest BCUT2D eigenvalue weighted by Gasteiger charge is 2.27. The van der Waals surface area contributed by atoms with Gasteiger partial charge in [-0.1, -0.05) is 19.1 Å². The quantitative estimate of drug-likeness (QED) is 0.545. The summed E-state index contributed by atoms with van der Waals surface area (Å²) in [6.45, 7) is 5.25. The van der Waals surface area contributed by atoms with Gasteiger partial charge in [0.25, 0.3) is 0 Å². The van der Waals surface area contributed by atoms with Gasteiger partial charge < -0.3 is 10.1 Å². The van der Waals surface area contributed by atoms with Crippen LogP contribution in [0.5, 0.6) is 0 Å². The fourth-order valence-electron chi connectivity index (χ4n) is 1.33. The van der Waals surface area contributed by atoms with Crippen molar-refractivity contribution < 1.29 is 14.3 Å². The molecule has 1 amide bonds. The van der Waals surface area contributed by atoms with Gasteiger partial charge in [0.05, 0.1) is 0 Å². The highest BCUT2D eigenvalue weighted by Crippen LogP contribution is 2.26. The molecule has 0 spiro atoms. The standard InChI is InChI=1S/C11H17NO3/c1-3-7-15-11(14)8(2)12-10(13)9-5-4-6-9/h3,8-9H,1,4-7H2,2H3,(H,12,13)/t8-/m1/s1. The van der Waals surface area contributed by atoms with Gasteiger partial charge in [0, 0.05) is 5.92 Å². The van der Waals surface area contributed by atoms with E-state index in [1.807, 2.05) is 0 Å². The van der Waals surface area contributed by atoms with Gasteiger partial charge in [-0.15, -0.1) is 0 Å². The zero-order valence-electron chi connectivity index (χ0n) is 8.99. The normalized spacial score (nSPS) is 17.4. The molecule has 1 fully saturated rings. The number of esters is 1. The Kier molecular flexibility index (Phi) is 4.34. The molecule has 0 aromatic carbocycles. The molecule has 1 aliphatic rings. The van der Waals surface area contributed by atoms with Crippen LogP contribution in [0.4, 0.5) is 0 Å². The van der Waals surface area contributed by atoms with E-state index >= 15 is 0 Å². The third-order valence-electron chi connectivity index (χ3n) is 2.53. The van der Waals surface area contributed by atoms with Gasteiger partial charge in [-0.2, -0.15) is 0 Å². The number of ether oxygens (including phenoxy) is 1. The fraction of sp³-hybridized carbons (Fsp3) is 0.636. The molecular weight excluding hydrogens is 194 g/mol. The Bertz CT molecular complexity index is 259. The first-order valence-electron chi connectivity index (χ1n) is 5.23. The van der Waals surface area contributed by atoms with E-state index in [2.05, 4.69) is 11.9 Å². The van der Waals surface area contributed by atoms with E-state index in [0.717, 1.165) is 19.3 Å². The van der Waals surface area contributed by atoms with Crippen LogP contribution in [0.3, 0.4) is 0 Å². The first-order valence-corrected chi connectivity index (χ1v) is 5.23. The van der Waals surface area contributed by atoms with Crippen molar-refractivity contribution in [2.45, 2.75) is 32.2 Å². The molecular formula is C11H17NO3. The molecule has 4 nitrogen and oxygen atoms in total. The van der Waals surface area contributed by atoms with Gasteiger partial charge in [-0.25, -0.2) is 4.79 Å². The van der Waals surface area contributed by atoms with Crippen molar-refractivity contribution in [1.82, 2.24) is 5.32 Å². The zero-order chi connectivity index (χ0) is 11.3. The molecule has 0 aliphatic heterocycles. The Morgan fingerprint density at radius 3 is 2.73 bits per heavy atom. The molecule has 1 atom stereocenters. The van der Waals surface area contributed by atoms with Crippen LogP contribution in [-0.2, 0) is 14.3 Å². The van der Waals surface area contributed by atoms with E-state index < -0.39 is 12.0 Å². The minimum atomic E-state index is -0.571. The van der Waals surface area contributed by atoms with E-state index in [0.29, 0.717) is 0 Å².